The molecule has 1 saturated heterocycles. The summed E-state index contributed by atoms with van der Waals surface area (Å²) in [5.41, 5.74) is 0. The van der Waals surface area contributed by atoms with E-state index < -0.39 is 18.3 Å². The Morgan fingerprint density at radius 3 is 2.54 bits per heavy atom. The first-order chi connectivity index (χ1) is 6.02. The summed E-state index contributed by atoms with van der Waals surface area (Å²) in [6.07, 6.45) is -3.00. The number of amides is 1. The van der Waals surface area contributed by atoms with Gasteiger partial charge in [-0.15, -0.1) is 0 Å². The van der Waals surface area contributed by atoms with Gasteiger partial charge in [0, 0.05) is 6.04 Å². The van der Waals surface area contributed by atoms with E-state index >= 15 is 0 Å². The fourth-order valence-electron chi connectivity index (χ4n) is 1.20. The minimum atomic E-state index is -1.11. The van der Waals surface area contributed by atoms with Crippen molar-refractivity contribution >= 4 is 5.91 Å². The highest BCUT2D eigenvalue weighted by Gasteiger charge is 2.39. The molecule has 5 heteroatoms. The Balaban J connectivity index is 2.48. The molecule has 13 heavy (non-hydrogen) atoms. The number of hydrogen-bond acceptors (Lipinski definition) is 4. The summed E-state index contributed by atoms with van der Waals surface area (Å²) in [5.74, 6) is -0.376. The average molecular weight is 189 g/mol. The number of carbonyl (C=O) groups excluding carboxylic acids is 1. The summed E-state index contributed by atoms with van der Waals surface area (Å²) in [6.45, 7) is 3.64. The van der Waals surface area contributed by atoms with Gasteiger partial charge in [0.25, 0.3) is 5.91 Å². The Morgan fingerprint density at radius 2 is 2.15 bits per heavy atom. The zero-order chi connectivity index (χ0) is 10.0. The van der Waals surface area contributed by atoms with Crippen molar-refractivity contribution in [3.8, 4) is 0 Å². The van der Waals surface area contributed by atoms with Crippen LogP contribution in [0.15, 0.2) is 0 Å². The Bertz CT molecular complexity index is 195. The third-order valence-corrected chi connectivity index (χ3v) is 1.84. The van der Waals surface area contributed by atoms with E-state index in [0.717, 1.165) is 0 Å². The molecule has 76 valence electrons. The van der Waals surface area contributed by atoms with Crippen molar-refractivity contribution in [2.45, 2.75) is 38.2 Å². The molecule has 1 rings (SSSR count). The minimum absolute atomic E-state index is 0.000966. The van der Waals surface area contributed by atoms with E-state index in [2.05, 4.69) is 5.32 Å². The molecule has 0 radical (unpaired) electrons. The quantitative estimate of drug-likeness (QED) is 0.501. The monoisotopic (exact) mass is 189 g/mol. The number of aliphatic hydroxyl groups is 2. The average Bonchev–Trinajstić information content (AvgIpc) is 2.31. The molecular formula is C8H15NO4. The third-order valence-electron chi connectivity index (χ3n) is 1.84. The van der Waals surface area contributed by atoms with Crippen molar-refractivity contribution in [2.24, 2.45) is 0 Å². The summed E-state index contributed by atoms with van der Waals surface area (Å²) in [5, 5.41) is 21.0. The van der Waals surface area contributed by atoms with Crippen molar-refractivity contribution in [1.82, 2.24) is 5.32 Å². The van der Waals surface area contributed by atoms with E-state index in [-0.39, 0.29) is 18.6 Å². The van der Waals surface area contributed by atoms with Gasteiger partial charge < -0.3 is 20.3 Å². The molecule has 1 aliphatic heterocycles. The molecule has 0 aliphatic carbocycles. The Hall–Kier alpha value is -0.650. The predicted molar refractivity (Wildman–Crippen MR) is 45.0 cm³/mol. The number of nitrogens with one attached hydrogen (secondary N) is 1. The summed E-state index contributed by atoms with van der Waals surface area (Å²) in [6, 6.07) is 0.000966. The van der Waals surface area contributed by atoms with Crippen molar-refractivity contribution in [3.05, 3.63) is 0 Å². The zero-order valence-electron chi connectivity index (χ0n) is 7.73. The molecule has 1 aliphatic rings. The molecule has 0 saturated carbocycles. The zero-order valence-corrected chi connectivity index (χ0v) is 7.73. The van der Waals surface area contributed by atoms with Crippen molar-refractivity contribution < 1.29 is 19.7 Å². The SMILES string of the molecule is CC(C)NC(=O)C1OCC(O)C1O. The second-order valence-corrected chi connectivity index (χ2v) is 3.48. The van der Waals surface area contributed by atoms with Gasteiger partial charge in [0.15, 0.2) is 6.10 Å². The Labute approximate surface area is 76.7 Å². The molecule has 5 nitrogen and oxygen atoms in total. The van der Waals surface area contributed by atoms with Crippen molar-refractivity contribution in [1.29, 1.82) is 0 Å². The number of aliphatic hydroxyl groups excluding tert-OH is 2. The van der Waals surface area contributed by atoms with Gasteiger partial charge in [-0.1, -0.05) is 0 Å². The van der Waals surface area contributed by atoms with Crippen LogP contribution in [-0.2, 0) is 9.53 Å². The van der Waals surface area contributed by atoms with Crippen LogP contribution in [0.25, 0.3) is 0 Å². The van der Waals surface area contributed by atoms with Crippen LogP contribution in [0.2, 0.25) is 0 Å². The fraction of sp³-hybridized carbons (Fsp3) is 0.875. The van der Waals surface area contributed by atoms with Gasteiger partial charge in [-0.2, -0.15) is 0 Å². The van der Waals surface area contributed by atoms with Crippen LogP contribution in [0.1, 0.15) is 13.8 Å². The van der Waals surface area contributed by atoms with Gasteiger partial charge in [0.2, 0.25) is 0 Å². The van der Waals surface area contributed by atoms with Crippen LogP contribution >= 0.6 is 0 Å². The van der Waals surface area contributed by atoms with Crippen LogP contribution in [-0.4, -0.2) is 47.1 Å². The van der Waals surface area contributed by atoms with E-state index in [0.29, 0.717) is 0 Å². The fourth-order valence-corrected chi connectivity index (χ4v) is 1.20. The van der Waals surface area contributed by atoms with E-state index in [1.54, 1.807) is 0 Å². The van der Waals surface area contributed by atoms with E-state index in [4.69, 9.17) is 9.84 Å². The normalized spacial score (nSPS) is 33.8. The highest BCUT2D eigenvalue weighted by molar-refractivity contribution is 5.82. The van der Waals surface area contributed by atoms with Crippen LogP contribution < -0.4 is 5.32 Å². The maximum atomic E-state index is 11.3. The molecule has 3 N–H and O–H groups in total. The summed E-state index contributed by atoms with van der Waals surface area (Å²) >= 11 is 0. The smallest absolute Gasteiger partial charge is 0.252 e. The lowest BCUT2D eigenvalue weighted by Crippen LogP contribution is -2.45. The number of hydrogen-bond donors (Lipinski definition) is 3. The Kier molecular flexibility index (Phi) is 3.24. The molecule has 0 bridgehead atoms. The molecular weight excluding hydrogens is 174 g/mol. The largest absolute Gasteiger partial charge is 0.388 e. The van der Waals surface area contributed by atoms with Crippen LogP contribution in [0.3, 0.4) is 0 Å². The molecule has 0 aromatic carbocycles. The van der Waals surface area contributed by atoms with E-state index in [1.165, 1.54) is 0 Å². The first kappa shape index (κ1) is 10.4. The van der Waals surface area contributed by atoms with Gasteiger partial charge >= 0.3 is 0 Å². The first-order valence-electron chi connectivity index (χ1n) is 4.30. The lowest BCUT2D eigenvalue weighted by atomic mass is 10.1. The second-order valence-electron chi connectivity index (χ2n) is 3.48. The first-order valence-corrected chi connectivity index (χ1v) is 4.30. The minimum Gasteiger partial charge on any atom is -0.388 e. The molecule has 3 unspecified atom stereocenters. The van der Waals surface area contributed by atoms with Gasteiger partial charge in [-0.3, -0.25) is 4.79 Å². The number of ether oxygens (including phenoxy) is 1. The molecule has 0 aromatic rings. The molecule has 0 aromatic heterocycles. The second kappa shape index (κ2) is 4.04. The number of rotatable bonds is 2. The molecule has 0 spiro atoms. The summed E-state index contributed by atoms with van der Waals surface area (Å²) in [7, 11) is 0. The van der Waals surface area contributed by atoms with Crippen LogP contribution in [0.4, 0.5) is 0 Å². The van der Waals surface area contributed by atoms with Gasteiger partial charge in [-0.25, -0.2) is 0 Å². The number of carbonyl (C=O) groups is 1. The molecule has 1 heterocycles. The highest BCUT2D eigenvalue weighted by Crippen LogP contribution is 2.14. The maximum absolute atomic E-state index is 11.3. The van der Waals surface area contributed by atoms with Crippen LogP contribution in [0.5, 0.6) is 0 Å². The summed E-state index contributed by atoms with van der Waals surface area (Å²) in [4.78, 5) is 11.3. The van der Waals surface area contributed by atoms with Crippen molar-refractivity contribution in [2.75, 3.05) is 6.61 Å². The topological polar surface area (TPSA) is 78.8 Å². The molecule has 1 fully saturated rings. The molecule has 1 amide bonds. The standard InChI is InChI=1S/C8H15NO4/c1-4(2)9-8(12)7-6(11)5(10)3-13-7/h4-7,10-11H,3H2,1-2H3,(H,9,12). The predicted octanol–water partition coefficient (Wildman–Crippen LogP) is -1.37. The van der Waals surface area contributed by atoms with Gasteiger partial charge in [0.05, 0.1) is 6.61 Å². The Morgan fingerprint density at radius 1 is 1.54 bits per heavy atom. The maximum Gasteiger partial charge on any atom is 0.252 e. The van der Waals surface area contributed by atoms with Gasteiger partial charge in [0.1, 0.15) is 12.2 Å². The third kappa shape index (κ3) is 2.40. The van der Waals surface area contributed by atoms with Crippen molar-refractivity contribution in [3.63, 3.8) is 0 Å². The highest BCUT2D eigenvalue weighted by atomic mass is 16.5. The lowest BCUT2D eigenvalue weighted by molar-refractivity contribution is -0.134. The van der Waals surface area contributed by atoms with E-state index in [1.807, 2.05) is 13.8 Å². The molecule has 3 atom stereocenters. The van der Waals surface area contributed by atoms with Gasteiger partial charge in [-0.05, 0) is 13.8 Å². The lowest BCUT2D eigenvalue weighted by Gasteiger charge is -2.16. The van der Waals surface area contributed by atoms with Crippen LogP contribution in [0, 0.1) is 0 Å². The summed E-state index contributed by atoms with van der Waals surface area (Å²) < 4.78 is 4.93. The van der Waals surface area contributed by atoms with E-state index in [9.17, 15) is 9.90 Å².